The van der Waals surface area contributed by atoms with Crippen LogP contribution in [0.5, 0.6) is 5.75 Å². The molecule has 0 aliphatic heterocycles. The lowest BCUT2D eigenvalue weighted by molar-refractivity contribution is -0.136. The molecular weight excluding hydrogens is 353 g/mol. The largest absolute Gasteiger partial charge is 0.507 e. The summed E-state index contributed by atoms with van der Waals surface area (Å²) in [6.07, 6.45) is 1.18. The summed E-state index contributed by atoms with van der Waals surface area (Å²) in [5.74, 6) is -1.92. The first kappa shape index (κ1) is 17.8. The maximum atomic E-state index is 11.8. The van der Waals surface area contributed by atoms with Gasteiger partial charge in [0.05, 0.1) is 6.21 Å². The van der Waals surface area contributed by atoms with Crippen molar-refractivity contribution in [3.63, 3.8) is 0 Å². The minimum atomic E-state index is -0.966. The fourth-order valence-electron chi connectivity index (χ4n) is 1.76. The Hall–Kier alpha value is -2.57. The summed E-state index contributed by atoms with van der Waals surface area (Å²) in [7, 11) is 0. The Morgan fingerprint density at radius 3 is 2.67 bits per heavy atom. The molecule has 0 saturated heterocycles. The van der Waals surface area contributed by atoms with Crippen molar-refractivity contribution in [1.82, 2.24) is 5.43 Å². The molecule has 2 aromatic carbocycles. The molecule has 0 fully saturated rings. The van der Waals surface area contributed by atoms with Crippen LogP contribution >= 0.6 is 23.2 Å². The molecule has 0 bridgehead atoms. The molecule has 8 heteroatoms. The van der Waals surface area contributed by atoms with Crippen molar-refractivity contribution in [3.8, 4) is 5.75 Å². The summed E-state index contributed by atoms with van der Waals surface area (Å²) in [4.78, 5) is 23.6. The Bertz CT molecular complexity index is 822. The van der Waals surface area contributed by atoms with E-state index >= 15 is 0 Å². The lowest BCUT2D eigenvalue weighted by Crippen LogP contribution is -2.32. The number of aromatic hydroxyl groups is 1. The van der Waals surface area contributed by atoms with Crippen LogP contribution in [0.3, 0.4) is 0 Å². The molecule has 0 saturated carbocycles. The number of halogens is 2. The number of hydrogen-bond acceptors (Lipinski definition) is 4. The molecule has 6 nitrogen and oxygen atoms in total. The molecule has 124 valence electrons. The topological polar surface area (TPSA) is 90.8 Å². The van der Waals surface area contributed by atoms with Crippen molar-refractivity contribution in [2.75, 3.05) is 5.32 Å². The van der Waals surface area contributed by atoms with Crippen LogP contribution < -0.4 is 10.7 Å². The highest BCUT2D eigenvalue weighted by Gasteiger charge is 2.14. The Kier molecular flexibility index (Phi) is 5.78. The standard InChI is InChI=1S/C16H13Cl2N3O3/c1-9-12(18)3-2-4-13(9)20-15(23)16(24)21-19-8-10-7-11(17)5-6-14(10)22/h2-8,22H,1H3,(H,20,23)(H,21,24)/b19-8+. The zero-order valence-electron chi connectivity index (χ0n) is 12.5. The van der Waals surface area contributed by atoms with E-state index in [2.05, 4.69) is 15.8 Å². The molecule has 24 heavy (non-hydrogen) atoms. The monoisotopic (exact) mass is 365 g/mol. The molecule has 0 radical (unpaired) electrons. The van der Waals surface area contributed by atoms with Gasteiger partial charge in [-0.15, -0.1) is 0 Å². The van der Waals surface area contributed by atoms with E-state index < -0.39 is 11.8 Å². The second-order valence-electron chi connectivity index (χ2n) is 4.77. The van der Waals surface area contributed by atoms with Gasteiger partial charge in [-0.3, -0.25) is 9.59 Å². The van der Waals surface area contributed by atoms with Gasteiger partial charge in [-0.2, -0.15) is 5.10 Å². The number of nitrogens with zero attached hydrogens (tertiary/aromatic N) is 1. The first-order valence-electron chi connectivity index (χ1n) is 6.76. The molecule has 3 N–H and O–H groups in total. The highest BCUT2D eigenvalue weighted by Crippen LogP contribution is 2.22. The normalized spacial score (nSPS) is 10.6. The fourth-order valence-corrected chi connectivity index (χ4v) is 2.12. The number of phenols is 1. The van der Waals surface area contributed by atoms with Crippen molar-refractivity contribution >= 4 is 46.9 Å². The summed E-state index contributed by atoms with van der Waals surface area (Å²) in [5.41, 5.74) is 3.44. The van der Waals surface area contributed by atoms with Crippen LogP contribution in [-0.2, 0) is 9.59 Å². The first-order chi connectivity index (χ1) is 11.4. The van der Waals surface area contributed by atoms with Gasteiger partial charge in [-0.25, -0.2) is 5.43 Å². The van der Waals surface area contributed by atoms with Crippen LogP contribution in [0.2, 0.25) is 10.0 Å². The number of benzene rings is 2. The molecule has 0 heterocycles. The second kappa shape index (κ2) is 7.81. The number of nitrogens with one attached hydrogen (secondary N) is 2. The average molecular weight is 366 g/mol. The summed E-state index contributed by atoms with van der Waals surface area (Å²) in [6.45, 7) is 1.72. The third-order valence-electron chi connectivity index (χ3n) is 3.08. The molecule has 2 amide bonds. The predicted molar refractivity (Wildman–Crippen MR) is 93.7 cm³/mol. The number of anilines is 1. The molecule has 0 aromatic heterocycles. The Labute approximate surface area is 148 Å². The van der Waals surface area contributed by atoms with Crippen LogP contribution in [0.15, 0.2) is 41.5 Å². The minimum Gasteiger partial charge on any atom is -0.507 e. The number of hydrazone groups is 1. The van der Waals surface area contributed by atoms with Crippen LogP contribution in [0.1, 0.15) is 11.1 Å². The maximum absolute atomic E-state index is 11.8. The Morgan fingerprint density at radius 2 is 1.92 bits per heavy atom. The highest BCUT2D eigenvalue weighted by molar-refractivity contribution is 6.40. The van der Waals surface area contributed by atoms with Gasteiger partial charge < -0.3 is 10.4 Å². The molecule has 0 unspecified atom stereocenters. The Balaban J connectivity index is 1.99. The highest BCUT2D eigenvalue weighted by atomic mass is 35.5. The van der Waals surface area contributed by atoms with Crippen molar-refractivity contribution in [3.05, 3.63) is 57.6 Å². The van der Waals surface area contributed by atoms with Gasteiger partial charge in [-0.1, -0.05) is 29.3 Å². The van der Waals surface area contributed by atoms with Gasteiger partial charge in [0.1, 0.15) is 5.75 Å². The van der Waals surface area contributed by atoms with Crippen molar-refractivity contribution in [2.24, 2.45) is 5.10 Å². The van der Waals surface area contributed by atoms with E-state index in [0.29, 0.717) is 26.9 Å². The molecule has 0 atom stereocenters. The predicted octanol–water partition coefficient (Wildman–Crippen LogP) is 3.10. The van der Waals surface area contributed by atoms with E-state index in [0.717, 1.165) is 0 Å². The molecule has 2 aromatic rings. The van der Waals surface area contributed by atoms with Gasteiger partial charge in [0.2, 0.25) is 0 Å². The van der Waals surface area contributed by atoms with Gasteiger partial charge in [0, 0.05) is 21.3 Å². The van der Waals surface area contributed by atoms with E-state index in [1.807, 2.05) is 0 Å². The van der Waals surface area contributed by atoms with Crippen molar-refractivity contribution in [1.29, 1.82) is 0 Å². The van der Waals surface area contributed by atoms with E-state index in [9.17, 15) is 14.7 Å². The zero-order chi connectivity index (χ0) is 17.7. The van der Waals surface area contributed by atoms with Gasteiger partial charge in [0.15, 0.2) is 0 Å². The third-order valence-corrected chi connectivity index (χ3v) is 3.73. The van der Waals surface area contributed by atoms with Crippen LogP contribution in [0.25, 0.3) is 0 Å². The SMILES string of the molecule is Cc1c(Cl)cccc1NC(=O)C(=O)N/N=C/c1cc(Cl)ccc1O. The minimum absolute atomic E-state index is 0.0589. The lowest BCUT2D eigenvalue weighted by Gasteiger charge is -2.08. The fraction of sp³-hybridized carbons (Fsp3) is 0.0625. The number of rotatable bonds is 3. The van der Waals surface area contributed by atoms with Crippen LogP contribution in [0, 0.1) is 6.92 Å². The number of carbonyl (C=O) groups excluding carboxylic acids is 2. The quantitative estimate of drug-likeness (QED) is 0.443. The first-order valence-corrected chi connectivity index (χ1v) is 7.52. The van der Waals surface area contributed by atoms with Crippen molar-refractivity contribution in [2.45, 2.75) is 6.92 Å². The van der Waals surface area contributed by atoms with E-state index in [4.69, 9.17) is 23.2 Å². The summed E-state index contributed by atoms with van der Waals surface area (Å²) >= 11 is 11.7. The van der Waals surface area contributed by atoms with Gasteiger partial charge >= 0.3 is 11.8 Å². The smallest absolute Gasteiger partial charge is 0.329 e. The van der Waals surface area contributed by atoms with Crippen LogP contribution in [-0.4, -0.2) is 23.1 Å². The average Bonchev–Trinajstić information content (AvgIpc) is 2.54. The van der Waals surface area contributed by atoms with Gasteiger partial charge in [-0.05, 0) is 42.8 Å². The summed E-state index contributed by atoms with van der Waals surface area (Å²) in [5, 5.41) is 16.5. The summed E-state index contributed by atoms with van der Waals surface area (Å²) in [6, 6.07) is 9.31. The Morgan fingerprint density at radius 1 is 1.17 bits per heavy atom. The second-order valence-corrected chi connectivity index (χ2v) is 5.61. The van der Waals surface area contributed by atoms with E-state index in [-0.39, 0.29) is 5.75 Å². The van der Waals surface area contributed by atoms with E-state index in [1.165, 1.54) is 24.4 Å². The lowest BCUT2D eigenvalue weighted by atomic mass is 10.2. The summed E-state index contributed by atoms with van der Waals surface area (Å²) < 4.78 is 0. The van der Waals surface area contributed by atoms with Crippen LogP contribution in [0.4, 0.5) is 5.69 Å². The number of hydrogen-bond donors (Lipinski definition) is 3. The number of carbonyl (C=O) groups is 2. The molecule has 0 aliphatic carbocycles. The number of phenolic OH excluding ortho intramolecular Hbond substituents is 1. The number of amides is 2. The van der Waals surface area contributed by atoms with E-state index in [1.54, 1.807) is 25.1 Å². The van der Waals surface area contributed by atoms with Gasteiger partial charge in [0.25, 0.3) is 0 Å². The molecule has 0 aliphatic rings. The van der Waals surface area contributed by atoms with Crippen molar-refractivity contribution < 1.29 is 14.7 Å². The maximum Gasteiger partial charge on any atom is 0.329 e. The molecular formula is C16H13Cl2N3O3. The molecule has 2 rings (SSSR count). The third kappa shape index (κ3) is 4.47. The molecule has 0 spiro atoms. The zero-order valence-corrected chi connectivity index (χ0v) is 14.0.